The van der Waals surface area contributed by atoms with E-state index in [1.165, 1.54) is 0 Å². The second-order valence-electron chi connectivity index (χ2n) is 4.55. The minimum absolute atomic E-state index is 0.374. The smallest absolute Gasteiger partial charge is 0.0820 e. The average molecular weight is 160 g/mol. The molecule has 0 aromatic rings. The van der Waals surface area contributed by atoms with Crippen LogP contribution in [0.5, 0.6) is 0 Å². The summed E-state index contributed by atoms with van der Waals surface area (Å²) in [5.41, 5.74) is 0. The lowest BCUT2D eigenvalue weighted by molar-refractivity contribution is 0.0859. The van der Waals surface area contributed by atoms with E-state index in [0.717, 1.165) is 0 Å². The molecule has 0 spiro atoms. The van der Waals surface area contributed by atoms with Gasteiger partial charge in [-0.15, -0.1) is 0 Å². The predicted octanol–water partition coefficient (Wildman–Crippen LogP) is 2.27. The van der Waals surface area contributed by atoms with E-state index in [-0.39, 0.29) is 0 Å². The van der Waals surface area contributed by atoms with E-state index < -0.39 is 13.3 Å². The molecule has 0 radical (unpaired) electrons. The van der Waals surface area contributed by atoms with Crippen molar-refractivity contribution < 1.29 is 5.11 Å². The molecule has 0 aliphatic heterocycles. The highest BCUT2D eigenvalue weighted by molar-refractivity contribution is 6.78. The Morgan fingerprint density at radius 1 is 1.20 bits per heavy atom. The van der Waals surface area contributed by atoms with Crippen LogP contribution < -0.4 is 0 Å². The molecule has 2 heteroatoms. The molecule has 0 aromatic heterocycles. The maximum absolute atomic E-state index is 9.99. The van der Waals surface area contributed by atoms with Gasteiger partial charge in [-0.2, -0.15) is 0 Å². The lowest BCUT2D eigenvalue weighted by Gasteiger charge is -2.39. The monoisotopic (exact) mass is 160 g/mol. The van der Waals surface area contributed by atoms with E-state index >= 15 is 0 Å². The Morgan fingerprint density at radius 3 is 1.50 bits per heavy atom. The summed E-state index contributed by atoms with van der Waals surface area (Å²) in [4.78, 5) is 0. The minimum atomic E-state index is -1.39. The molecule has 62 valence electrons. The summed E-state index contributed by atoms with van der Waals surface area (Å²) in [7, 11) is -1.39. The Balaban J connectivity index is 4.40. The molecule has 0 aromatic carbocycles. The first-order valence-corrected chi connectivity index (χ1v) is 7.42. The van der Waals surface area contributed by atoms with Crippen molar-refractivity contribution in [2.75, 3.05) is 0 Å². The van der Waals surface area contributed by atoms with E-state index in [9.17, 15) is 5.11 Å². The Hall–Kier alpha value is 0.177. The van der Waals surface area contributed by atoms with Crippen LogP contribution in [0.15, 0.2) is 0 Å². The van der Waals surface area contributed by atoms with Gasteiger partial charge < -0.3 is 5.11 Å². The lowest BCUT2D eigenvalue weighted by atomic mass is 10.1. The van der Waals surface area contributed by atoms with Crippen molar-refractivity contribution in [2.45, 2.75) is 45.6 Å². The maximum atomic E-state index is 9.99. The molecule has 0 aliphatic carbocycles. The van der Waals surface area contributed by atoms with Gasteiger partial charge in [0, 0.05) is 0 Å². The average Bonchev–Trinajstić information content (AvgIpc) is 1.62. The van der Waals surface area contributed by atoms with Crippen molar-refractivity contribution in [3.05, 3.63) is 0 Å². The fourth-order valence-corrected chi connectivity index (χ4v) is 2.60. The van der Waals surface area contributed by atoms with E-state index in [4.69, 9.17) is 0 Å². The molecule has 0 saturated carbocycles. The molecule has 0 fully saturated rings. The molecule has 0 heterocycles. The zero-order valence-electron chi connectivity index (χ0n) is 8.02. The molecule has 1 atom stereocenters. The summed E-state index contributed by atoms with van der Waals surface area (Å²) in [6.07, 6.45) is 0. The Bertz CT molecular complexity index is 111. The van der Waals surface area contributed by atoms with Crippen molar-refractivity contribution in [1.82, 2.24) is 0 Å². The third-order valence-electron chi connectivity index (χ3n) is 2.64. The fourth-order valence-electron chi connectivity index (χ4n) is 0.866. The second-order valence-corrected chi connectivity index (χ2v) is 10.1. The highest BCUT2D eigenvalue weighted by Crippen LogP contribution is 2.27. The Morgan fingerprint density at radius 2 is 1.50 bits per heavy atom. The molecule has 1 nitrogen and oxygen atoms in total. The maximum Gasteiger partial charge on any atom is 0.0820 e. The van der Waals surface area contributed by atoms with Gasteiger partial charge >= 0.3 is 0 Å². The normalized spacial score (nSPS) is 19.2. The van der Waals surface area contributed by atoms with Crippen LogP contribution in [0.2, 0.25) is 19.6 Å². The largest absolute Gasteiger partial charge is 0.393 e. The van der Waals surface area contributed by atoms with Gasteiger partial charge in [-0.1, -0.05) is 33.5 Å². The Labute approximate surface area is 65.5 Å². The van der Waals surface area contributed by atoms with Crippen molar-refractivity contribution in [1.29, 1.82) is 0 Å². The van der Waals surface area contributed by atoms with Gasteiger partial charge in [-0.3, -0.25) is 0 Å². The van der Waals surface area contributed by atoms with Crippen LogP contribution in [-0.2, 0) is 0 Å². The quantitative estimate of drug-likeness (QED) is 0.614. The first-order chi connectivity index (χ1) is 4.19. The third-order valence-corrected chi connectivity index (χ3v) is 6.26. The van der Waals surface area contributed by atoms with Crippen molar-refractivity contribution in [3.8, 4) is 0 Å². The topological polar surface area (TPSA) is 20.2 Å². The third kappa shape index (κ3) is 1.83. The minimum Gasteiger partial charge on any atom is -0.393 e. The lowest BCUT2D eigenvalue weighted by Crippen LogP contribution is -2.53. The van der Waals surface area contributed by atoms with Crippen LogP contribution in [0.1, 0.15) is 20.8 Å². The van der Waals surface area contributed by atoms with Gasteiger partial charge in [0.1, 0.15) is 0 Å². The van der Waals surface area contributed by atoms with Gasteiger partial charge in [0.15, 0.2) is 0 Å². The SMILES string of the molecule is CC(C)C(C)(O)[Si](C)(C)C. The van der Waals surface area contributed by atoms with Gasteiger partial charge in [-0.25, -0.2) is 0 Å². The van der Waals surface area contributed by atoms with Crippen LogP contribution in [0.4, 0.5) is 0 Å². The fraction of sp³-hybridized carbons (Fsp3) is 1.00. The molecule has 0 amide bonds. The van der Waals surface area contributed by atoms with Crippen molar-refractivity contribution in [2.24, 2.45) is 5.92 Å². The molecule has 1 unspecified atom stereocenters. The molecular formula is C8H20OSi. The van der Waals surface area contributed by atoms with E-state index in [1.54, 1.807) is 0 Å². The summed E-state index contributed by atoms with van der Waals surface area (Å²) in [6.45, 7) is 12.7. The molecule has 10 heavy (non-hydrogen) atoms. The molecule has 0 rings (SSSR count). The van der Waals surface area contributed by atoms with Crippen LogP contribution >= 0.6 is 0 Å². The summed E-state index contributed by atoms with van der Waals surface area (Å²) < 4.78 is 0. The summed E-state index contributed by atoms with van der Waals surface area (Å²) >= 11 is 0. The molecular weight excluding hydrogens is 140 g/mol. The number of aliphatic hydroxyl groups is 1. The number of hydrogen-bond acceptors (Lipinski definition) is 1. The molecule has 0 aliphatic rings. The Kier molecular flexibility index (Phi) is 2.71. The molecule has 0 bridgehead atoms. The highest BCUT2D eigenvalue weighted by atomic mass is 28.3. The van der Waals surface area contributed by atoms with Gasteiger partial charge in [0.2, 0.25) is 0 Å². The standard InChI is InChI=1S/C8H20OSi/c1-7(2)8(3,9)10(4,5)6/h7,9H,1-6H3. The van der Waals surface area contributed by atoms with E-state index in [2.05, 4.69) is 33.5 Å². The van der Waals surface area contributed by atoms with Crippen LogP contribution in [-0.4, -0.2) is 18.4 Å². The second kappa shape index (κ2) is 2.66. The predicted molar refractivity (Wildman–Crippen MR) is 48.8 cm³/mol. The van der Waals surface area contributed by atoms with Crippen LogP contribution in [0.25, 0.3) is 0 Å². The summed E-state index contributed by atoms with van der Waals surface area (Å²) in [6, 6.07) is 0. The van der Waals surface area contributed by atoms with Crippen molar-refractivity contribution >= 4 is 8.07 Å². The summed E-state index contributed by atoms with van der Waals surface area (Å²) in [5, 5.41) is 9.57. The van der Waals surface area contributed by atoms with E-state index in [0.29, 0.717) is 5.92 Å². The highest BCUT2D eigenvalue weighted by Gasteiger charge is 2.39. The molecule has 1 N–H and O–H groups in total. The van der Waals surface area contributed by atoms with Gasteiger partial charge in [0.25, 0.3) is 0 Å². The van der Waals surface area contributed by atoms with Gasteiger partial charge in [-0.05, 0) is 12.8 Å². The van der Waals surface area contributed by atoms with Crippen molar-refractivity contribution in [3.63, 3.8) is 0 Å². The number of hydrogen-bond donors (Lipinski definition) is 1. The first kappa shape index (κ1) is 10.2. The zero-order chi connectivity index (χ0) is 8.58. The zero-order valence-corrected chi connectivity index (χ0v) is 9.02. The molecule has 0 saturated heterocycles. The number of rotatable bonds is 2. The van der Waals surface area contributed by atoms with Crippen LogP contribution in [0.3, 0.4) is 0 Å². The van der Waals surface area contributed by atoms with E-state index in [1.807, 2.05) is 6.92 Å². The van der Waals surface area contributed by atoms with Crippen LogP contribution in [0, 0.1) is 5.92 Å². The summed E-state index contributed by atoms with van der Waals surface area (Å²) in [5.74, 6) is 0.374. The van der Waals surface area contributed by atoms with Gasteiger partial charge in [0.05, 0.1) is 13.3 Å². The first-order valence-electron chi connectivity index (χ1n) is 3.92.